The van der Waals surface area contributed by atoms with E-state index in [4.69, 9.17) is 0 Å². The first-order valence-corrected chi connectivity index (χ1v) is 5.87. The minimum absolute atomic E-state index is 0.0456. The van der Waals surface area contributed by atoms with Crippen LogP contribution in [-0.4, -0.2) is 34.9 Å². The van der Waals surface area contributed by atoms with Gasteiger partial charge >= 0.3 is 6.03 Å². The molecule has 0 aromatic carbocycles. The van der Waals surface area contributed by atoms with E-state index >= 15 is 0 Å². The summed E-state index contributed by atoms with van der Waals surface area (Å²) in [5, 5.41) is 22.0. The largest absolute Gasteiger partial charge is 0.860 e. The highest BCUT2D eigenvalue weighted by molar-refractivity contribution is 6.00. The molecule has 0 aromatic heterocycles. The van der Waals surface area contributed by atoms with Crippen LogP contribution in [0.5, 0.6) is 0 Å². The molecule has 1 aliphatic carbocycles. The maximum Gasteiger partial charge on any atom is 0.343 e. The molecule has 1 fully saturated rings. The van der Waals surface area contributed by atoms with Crippen LogP contribution >= 0.6 is 0 Å². The molecule has 1 heterocycles. The van der Waals surface area contributed by atoms with Crippen molar-refractivity contribution in [1.82, 2.24) is 4.90 Å². The summed E-state index contributed by atoms with van der Waals surface area (Å²) in [4.78, 5) is 26.9. The predicted octanol–water partition coefficient (Wildman–Crippen LogP) is -0.978. The van der Waals surface area contributed by atoms with Crippen LogP contribution in [0.25, 0.3) is 0 Å². The fourth-order valence-electron chi connectivity index (χ4n) is 2.59. The molecule has 1 aliphatic heterocycles. The molecular weight excluding hydrogens is 224 g/mol. The molecule has 94 valence electrons. The average Bonchev–Trinajstić information content (AvgIpc) is 2.54. The van der Waals surface area contributed by atoms with Gasteiger partial charge in [-0.3, -0.25) is 0 Å². The Morgan fingerprint density at radius 3 is 2.59 bits per heavy atom. The third-order valence-electron chi connectivity index (χ3n) is 3.38. The van der Waals surface area contributed by atoms with Crippen molar-refractivity contribution in [2.75, 3.05) is 0 Å². The molecular formula is C11H14N2O4-2. The summed E-state index contributed by atoms with van der Waals surface area (Å²) in [5.41, 5.74) is 0. The molecule has 1 unspecified atom stereocenters. The number of aliphatic carboxylic acids is 1. The molecule has 0 N–H and O–H groups in total. The normalized spacial score (nSPS) is 26.1. The van der Waals surface area contributed by atoms with Crippen LogP contribution in [0, 0.1) is 0 Å². The van der Waals surface area contributed by atoms with Gasteiger partial charge in [0.05, 0.1) is 6.04 Å². The summed E-state index contributed by atoms with van der Waals surface area (Å²) >= 11 is 0. The average molecular weight is 238 g/mol. The molecule has 6 heteroatoms. The van der Waals surface area contributed by atoms with E-state index in [-0.39, 0.29) is 6.04 Å². The minimum Gasteiger partial charge on any atom is -0.860 e. The standard InChI is InChI=1S/C11H16N2O4/c14-9(15)6-8-10(16)12-11(17)13(8)7-4-2-1-3-5-7/h7-8H,1-6H2,(H,14,15)(H,12,16,17)/p-2. The maximum atomic E-state index is 11.6. The lowest BCUT2D eigenvalue weighted by Gasteiger charge is -2.36. The number of aliphatic imine (C=N–C) groups is 1. The highest BCUT2D eigenvalue weighted by Crippen LogP contribution is 2.28. The summed E-state index contributed by atoms with van der Waals surface area (Å²) in [7, 11) is 0. The Kier molecular flexibility index (Phi) is 3.31. The molecule has 17 heavy (non-hydrogen) atoms. The Labute approximate surface area is 98.9 Å². The van der Waals surface area contributed by atoms with E-state index in [0.717, 1.165) is 32.1 Å². The Morgan fingerprint density at radius 1 is 1.35 bits per heavy atom. The van der Waals surface area contributed by atoms with Crippen LogP contribution < -0.4 is 10.2 Å². The Balaban J connectivity index is 2.12. The van der Waals surface area contributed by atoms with E-state index in [1.807, 2.05) is 0 Å². The molecule has 1 saturated carbocycles. The van der Waals surface area contributed by atoms with Gasteiger partial charge in [0.2, 0.25) is 0 Å². The number of rotatable bonds is 3. The molecule has 2 aliphatic rings. The van der Waals surface area contributed by atoms with Gasteiger partial charge in [0, 0.05) is 18.4 Å². The zero-order valence-corrected chi connectivity index (χ0v) is 9.42. The van der Waals surface area contributed by atoms with Gasteiger partial charge in [-0.05, 0) is 18.7 Å². The van der Waals surface area contributed by atoms with Gasteiger partial charge < -0.3 is 19.9 Å². The second-order valence-corrected chi connectivity index (χ2v) is 4.52. The van der Waals surface area contributed by atoms with Crippen LogP contribution in [0.4, 0.5) is 4.79 Å². The lowest BCUT2D eigenvalue weighted by Crippen LogP contribution is -2.50. The zero-order valence-electron chi connectivity index (χ0n) is 9.42. The number of amides is 2. The minimum atomic E-state index is -1.32. The second-order valence-electron chi connectivity index (χ2n) is 4.52. The lowest BCUT2D eigenvalue weighted by molar-refractivity contribution is -0.307. The molecule has 2 amide bonds. The van der Waals surface area contributed by atoms with Crippen molar-refractivity contribution >= 4 is 17.9 Å². The molecule has 1 atom stereocenters. The lowest BCUT2D eigenvalue weighted by atomic mass is 9.93. The fourth-order valence-corrected chi connectivity index (χ4v) is 2.59. The number of hydrogen-bond donors (Lipinski definition) is 0. The van der Waals surface area contributed by atoms with Gasteiger partial charge in [0.1, 0.15) is 0 Å². The number of nitrogens with zero attached hydrogens (tertiary/aromatic N) is 2. The molecule has 2 rings (SSSR count). The topological polar surface area (TPSA) is 95.9 Å². The van der Waals surface area contributed by atoms with Gasteiger partial charge in [-0.2, -0.15) is 0 Å². The SMILES string of the molecule is O=C([O-])CC1C([O-])=NC(=O)N1C1CCCCC1. The number of carbonyl (C=O) groups excluding carboxylic acids is 2. The highest BCUT2D eigenvalue weighted by atomic mass is 16.4. The van der Waals surface area contributed by atoms with Gasteiger partial charge in [-0.15, -0.1) is 0 Å². The summed E-state index contributed by atoms with van der Waals surface area (Å²) in [6.45, 7) is 0. The zero-order chi connectivity index (χ0) is 12.4. The van der Waals surface area contributed by atoms with Crippen LogP contribution in [-0.2, 0) is 4.79 Å². The van der Waals surface area contributed by atoms with Crippen molar-refractivity contribution in [3.63, 3.8) is 0 Å². The molecule has 0 saturated heterocycles. The number of hydrogen-bond acceptors (Lipinski definition) is 4. The van der Waals surface area contributed by atoms with Crippen molar-refractivity contribution < 1.29 is 19.8 Å². The Morgan fingerprint density at radius 2 is 2.00 bits per heavy atom. The van der Waals surface area contributed by atoms with Crippen LogP contribution in [0.3, 0.4) is 0 Å². The number of carboxylic acids is 1. The third-order valence-corrected chi connectivity index (χ3v) is 3.38. The van der Waals surface area contributed by atoms with Gasteiger partial charge in [-0.1, -0.05) is 19.3 Å². The first-order chi connectivity index (χ1) is 8.09. The summed E-state index contributed by atoms with van der Waals surface area (Å²) in [5.74, 6) is -1.97. The third kappa shape index (κ3) is 2.40. The highest BCUT2D eigenvalue weighted by Gasteiger charge is 2.35. The van der Waals surface area contributed by atoms with E-state index in [0.29, 0.717) is 0 Å². The first kappa shape index (κ1) is 11.9. The molecule has 0 aromatic rings. The predicted molar refractivity (Wildman–Crippen MR) is 55.0 cm³/mol. The second kappa shape index (κ2) is 4.73. The van der Waals surface area contributed by atoms with Crippen molar-refractivity contribution in [2.24, 2.45) is 4.99 Å². The molecule has 0 spiro atoms. The quantitative estimate of drug-likeness (QED) is 0.631. The number of carbonyl (C=O) groups is 2. The molecule has 0 radical (unpaired) electrons. The van der Waals surface area contributed by atoms with Crippen molar-refractivity contribution in [2.45, 2.75) is 50.6 Å². The van der Waals surface area contributed by atoms with Crippen LogP contribution in [0.15, 0.2) is 4.99 Å². The number of carboxylic acid groups (broad SMARTS) is 1. The summed E-state index contributed by atoms with van der Waals surface area (Å²) in [6, 6.07) is -1.58. The Bertz CT molecular complexity index is 360. The molecule has 0 bridgehead atoms. The first-order valence-electron chi connectivity index (χ1n) is 5.87. The van der Waals surface area contributed by atoms with Gasteiger partial charge in [0.15, 0.2) is 0 Å². The number of urea groups is 1. The van der Waals surface area contributed by atoms with E-state index in [1.165, 1.54) is 4.90 Å². The van der Waals surface area contributed by atoms with Crippen LogP contribution in [0.1, 0.15) is 38.5 Å². The van der Waals surface area contributed by atoms with Crippen molar-refractivity contribution in [3.8, 4) is 0 Å². The van der Waals surface area contributed by atoms with E-state index in [1.54, 1.807) is 0 Å². The van der Waals surface area contributed by atoms with Crippen molar-refractivity contribution in [3.05, 3.63) is 0 Å². The van der Waals surface area contributed by atoms with Crippen LogP contribution in [0.2, 0.25) is 0 Å². The van der Waals surface area contributed by atoms with E-state index in [2.05, 4.69) is 4.99 Å². The summed E-state index contributed by atoms with van der Waals surface area (Å²) in [6.07, 6.45) is 4.30. The van der Waals surface area contributed by atoms with E-state index < -0.39 is 30.4 Å². The van der Waals surface area contributed by atoms with Gasteiger partial charge in [0.25, 0.3) is 0 Å². The van der Waals surface area contributed by atoms with E-state index in [9.17, 15) is 19.8 Å². The maximum absolute atomic E-state index is 11.6. The van der Waals surface area contributed by atoms with Crippen molar-refractivity contribution in [1.29, 1.82) is 0 Å². The monoisotopic (exact) mass is 238 g/mol. The Hall–Kier alpha value is -1.59. The summed E-state index contributed by atoms with van der Waals surface area (Å²) < 4.78 is 0. The van der Waals surface area contributed by atoms with Gasteiger partial charge in [-0.25, -0.2) is 9.79 Å². The fraction of sp³-hybridized carbons (Fsp3) is 0.727. The molecule has 6 nitrogen and oxygen atoms in total. The smallest absolute Gasteiger partial charge is 0.343 e.